The van der Waals surface area contributed by atoms with E-state index >= 15 is 0 Å². The molecule has 0 bridgehead atoms. The zero-order valence-electron chi connectivity index (χ0n) is 8.75. The van der Waals surface area contributed by atoms with Crippen molar-refractivity contribution in [2.24, 2.45) is 0 Å². The van der Waals surface area contributed by atoms with Crippen LogP contribution in [0.15, 0.2) is 6.07 Å². The Morgan fingerprint density at radius 3 is 3.13 bits per heavy atom. The third-order valence-electron chi connectivity index (χ3n) is 2.53. The summed E-state index contributed by atoms with van der Waals surface area (Å²) in [6.45, 7) is 1.98. The molecule has 2 rings (SSSR count). The van der Waals surface area contributed by atoms with Gasteiger partial charge in [0, 0.05) is 11.4 Å². The number of carbonyl (C=O) groups is 1. The molecule has 0 spiro atoms. The predicted molar refractivity (Wildman–Crippen MR) is 60.4 cm³/mol. The average molecular weight is 225 g/mol. The molecule has 1 atom stereocenters. The lowest BCUT2D eigenvalue weighted by molar-refractivity contribution is 0.0928. The zero-order valence-corrected chi connectivity index (χ0v) is 9.56. The molecule has 0 saturated carbocycles. The lowest BCUT2D eigenvalue weighted by atomic mass is 10.2. The van der Waals surface area contributed by atoms with Crippen LogP contribution in [0.4, 0.5) is 0 Å². The summed E-state index contributed by atoms with van der Waals surface area (Å²) in [5, 5.41) is 11.8. The molecule has 0 fully saturated rings. The van der Waals surface area contributed by atoms with E-state index in [1.807, 2.05) is 6.07 Å². The summed E-state index contributed by atoms with van der Waals surface area (Å²) in [5.41, 5.74) is 1.34. The zero-order chi connectivity index (χ0) is 10.8. The quantitative estimate of drug-likeness (QED) is 0.815. The van der Waals surface area contributed by atoms with Crippen LogP contribution < -0.4 is 5.32 Å². The number of amides is 1. The normalized spacial score (nSPS) is 16.1. The van der Waals surface area contributed by atoms with Gasteiger partial charge in [-0.3, -0.25) is 4.79 Å². The Morgan fingerprint density at radius 1 is 1.67 bits per heavy atom. The van der Waals surface area contributed by atoms with E-state index in [0.717, 1.165) is 17.7 Å². The molecule has 1 aliphatic rings. The Morgan fingerprint density at radius 2 is 2.47 bits per heavy atom. The Balaban J connectivity index is 2.00. The molecule has 0 aromatic carbocycles. The number of aliphatic hydroxyl groups is 1. The van der Waals surface area contributed by atoms with E-state index < -0.39 is 6.10 Å². The smallest absolute Gasteiger partial charge is 0.261 e. The van der Waals surface area contributed by atoms with Crippen LogP contribution in [-0.4, -0.2) is 23.7 Å². The molecule has 3 nitrogen and oxygen atoms in total. The van der Waals surface area contributed by atoms with Crippen molar-refractivity contribution in [3.63, 3.8) is 0 Å². The van der Waals surface area contributed by atoms with Gasteiger partial charge >= 0.3 is 0 Å². The highest BCUT2D eigenvalue weighted by Gasteiger charge is 2.18. The first-order valence-corrected chi connectivity index (χ1v) is 6.06. The second-order valence-electron chi connectivity index (χ2n) is 3.97. The number of hydrogen-bond donors (Lipinski definition) is 2. The molecule has 1 unspecified atom stereocenters. The van der Waals surface area contributed by atoms with Gasteiger partial charge < -0.3 is 10.4 Å². The van der Waals surface area contributed by atoms with Crippen LogP contribution in [0.1, 0.15) is 33.5 Å². The van der Waals surface area contributed by atoms with Gasteiger partial charge in [-0.25, -0.2) is 0 Å². The van der Waals surface area contributed by atoms with Crippen molar-refractivity contribution in [1.29, 1.82) is 0 Å². The molecule has 4 heteroatoms. The number of carbonyl (C=O) groups excluding carboxylic acids is 1. The van der Waals surface area contributed by atoms with E-state index in [1.54, 1.807) is 18.3 Å². The molecule has 82 valence electrons. The Kier molecular flexibility index (Phi) is 3.07. The molecule has 1 aromatic rings. The second kappa shape index (κ2) is 4.33. The molecule has 15 heavy (non-hydrogen) atoms. The van der Waals surface area contributed by atoms with Crippen molar-refractivity contribution >= 4 is 17.2 Å². The van der Waals surface area contributed by atoms with Crippen molar-refractivity contribution in [3.05, 3.63) is 21.4 Å². The van der Waals surface area contributed by atoms with Crippen LogP contribution in [0.25, 0.3) is 0 Å². The first-order chi connectivity index (χ1) is 7.16. The number of fused-ring (bicyclic) bond motifs is 1. The van der Waals surface area contributed by atoms with E-state index in [2.05, 4.69) is 5.32 Å². The van der Waals surface area contributed by atoms with Crippen LogP contribution in [0, 0.1) is 0 Å². The average Bonchev–Trinajstić information content (AvgIpc) is 2.72. The molecule has 0 saturated heterocycles. The topological polar surface area (TPSA) is 49.3 Å². The summed E-state index contributed by atoms with van der Waals surface area (Å²) in [7, 11) is 0. The number of thiophene rings is 1. The Labute approximate surface area is 93.1 Å². The molecule has 1 heterocycles. The van der Waals surface area contributed by atoms with Crippen molar-refractivity contribution < 1.29 is 9.90 Å². The minimum absolute atomic E-state index is 0.0599. The van der Waals surface area contributed by atoms with E-state index in [-0.39, 0.29) is 5.91 Å². The van der Waals surface area contributed by atoms with Crippen molar-refractivity contribution in [2.75, 3.05) is 6.54 Å². The predicted octanol–water partition coefficient (Wildman–Crippen LogP) is 1.35. The summed E-state index contributed by atoms with van der Waals surface area (Å²) in [5.74, 6) is -0.0599. The Hall–Kier alpha value is -0.870. The van der Waals surface area contributed by atoms with Gasteiger partial charge in [0.15, 0.2) is 0 Å². The van der Waals surface area contributed by atoms with Gasteiger partial charge in [-0.15, -0.1) is 11.3 Å². The largest absolute Gasteiger partial charge is 0.392 e. The summed E-state index contributed by atoms with van der Waals surface area (Å²) in [6, 6.07) is 1.99. The van der Waals surface area contributed by atoms with Crippen molar-refractivity contribution in [1.82, 2.24) is 5.32 Å². The van der Waals surface area contributed by atoms with Gasteiger partial charge in [0.05, 0.1) is 11.0 Å². The molecule has 0 aliphatic heterocycles. The number of nitrogens with one attached hydrogen (secondary N) is 1. The maximum absolute atomic E-state index is 11.6. The van der Waals surface area contributed by atoms with Crippen molar-refractivity contribution in [3.8, 4) is 0 Å². The minimum atomic E-state index is -0.485. The van der Waals surface area contributed by atoms with Crippen molar-refractivity contribution in [2.45, 2.75) is 32.3 Å². The molecular weight excluding hydrogens is 210 g/mol. The van der Waals surface area contributed by atoms with Crippen LogP contribution in [0.2, 0.25) is 0 Å². The summed E-state index contributed by atoms with van der Waals surface area (Å²) >= 11 is 1.59. The Bertz CT molecular complexity index is 349. The first-order valence-electron chi connectivity index (χ1n) is 5.24. The molecular formula is C11H15NO2S. The van der Waals surface area contributed by atoms with Gasteiger partial charge in [-0.2, -0.15) is 0 Å². The van der Waals surface area contributed by atoms with E-state index in [1.165, 1.54) is 16.9 Å². The maximum Gasteiger partial charge on any atom is 0.261 e. The van der Waals surface area contributed by atoms with Crippen LogP contribution in [-0.2, 0) is 12.8 Å². The SMILES string of the molecule is CC(O)CNC(=O)c1cc2c(s1)CCC2. The van der Waals surface area contributed by atoms with Gasteiger partial charge in [-0.1, -0.05) is 0 Å². The monoisotopic (exact) mass is 225 g/mol. The van der Waals surface area contributed by atoms with Crippen LogP contribution in [0.5, 0.6) is 0 Å². The number of rotatable bonds is 3. The van der Waals surface area contributed by atoms with E-state index in [0.29, 0.717) is 6.54 Å². The highest BCUT2D eigenvalue weighted by atomic mass is 32.1. The number of hydrogen-bond acceptors (Lipinski definition) is 3. The fourth-order valence-corrected chi connectivity index (χ4v) is 2.94. The first kappa shape index (κ1) is 10.6. The molecule has 0 radical (unpaired) electrons. The second-order valence-corrected chi connectivity index (χ2v) is 5.11. The molecule has 1 amide bonds. The summed E-state index contributed by atoms with van der Waals surface area (Å²) < 4.78 is 0. The van der Waals surface area contributed by atoms with Gasteiger partial charge in [0.2, 0.25) is 0 Å². The highest BCUT2D eigenvalue weighted by molar-refractivity contribution is 7.14. The number of aliphatic hydroxyl groups excluding tert-OH is 1. The van der Waals surface area contributed by atoms with Gasteiger partial charge in [-0.05, 0) is 37.8 Å². The van der Waals surface area contributed by atoms with E-state index in [9.17, 15) is 4.79 Å². The highest BCUT2D eigenvalue weighted by Crippen LogP contribution is 2.30. The lowest BCUT2D eigenvalue weighted by Crippen LogP contribution is -2.29. The van der Waals surface area contributed by atoms with Crippen LogP contribution >= 0.6 is 11.3 Å². The summed E-state index contributed by atoms with van der Waals surface area (Å²) in [6.07, 6.45) is 2.96. The molecule has 1 aliphatic carbocycles. The standard InChI is InChI=1S/C11H15NO2S/c1-7(13)6-12-11(14)10-5-8-3-2-4-9(8)15-10/h5,7,13H,2-4,6H2,1H3,(H,12,14). The third-order valence-corrected chi connectivity index (χ3v) is 3.76. The van der Waals surface area contributed by atoms with Gasteiger partial charge in [0.1, 0.15) is 0 Å². The number of aryl methyl sites for hydroxylation is 2. The molecule has 2 N–H and O–H groups in total. The summed E-state index contributed by atoms with van der Waals surface area (Å²) in [4.78, 5) is 13.8. The van der Waals surface area contributed by atoms with E-state index in [4.69, 9.17) is 5.11 Å². The minimum Gasteiger partial charge on any atom is -0.392 e. The fourth-order valence-electron chi connectivity index (χ4n) is 1.77. The van der Waals surface area contributed by atoms with Crippen LogP contribution in [0.3, 0.4) is 0 Å². The maximum atomic E-state index is 11.6. The third kappa shape index (κ3) is 2.38. The lowest BCUT2D eigenvalue weighted by Gasteiger charge is -2.05. The van der Waals surface area contributed by atoms with Gasteiger partial charge in [0.25, 0.3) is 5.91 Å². The fraction of sp³-hybridized carbons (Fsp3) is 0.545. The molecule has 1 aromatic heterocycles.